The summed E-state index contributed by atoms with van der Waals surface area (Å²) in [7, 11) is 0. The molecule has 96 valence electrons. The summed E-state index contributed by atoms with van der Waals surface area (Å²) in [5.74, 6) is -0.377. The van der Waals surface area contributed by atoms with E-state index in [0.717, 1.165) is 13.1 Å². The van der Waals surface area contributed by atoms with Gasteiger partial charge < -0.3 is 5.32 Å². The molecule has 0 radical (unpaired) electrons. The third-order valence-corrected chi connectivity index (χ3v) is 3.56. The molecule has 1 N–H and O–H groups in total. The zero-order chi connectivity index (χ0) is 13.1. The number of benzene rings is 1. The highest BCUT2D eigenvalue weighted by molar-refractivity contribution is 5.35. The molecule has 0 spiro atoms. The molecule has 2 atom stereocenters. The number of nitriles is 1. The SMILES string of the molecule is CC1CNCC(C)N1Cc1cccc(C#N)c1F. The van der Waals surface area contributed by atoms with Gasteiger partial charge in [0, 0.05) is 37.3 Å². The molecule has 1 saturated heterocycles. The topological polar surface area (TPSA) is 39.1 Å². The minimum absolute atomic E-state index is 0.128. The first-order valence-corrected chi connectivity index (χ1v) is 6.27. The number of nitrogens with zero attached hydrogens (tertiary/aromatic N) is 2. The summed E-state index contributed by atoms with van der Waals surface area (Å²) in [6.07, 6.45) is 0. The Morgan fingerprint density at radius 2 is 2.06 bits per heavy atom. The minimum atomic E-state index is -0.377. The molecular weight excluding hydrogens is 229 g/mol. The van der Waals surface area contributed by atoms with Gasteiger partial charge in [-0.3, -0.25) is 4.90 Å². The maximum absolute atomic E-state index is 14.0. The molecule has 1 aliphatic rings. The van der Waals surface area contributed by atoms with E-state index in [4.69, 9.17) is 5.26 Å². The number of piperazine rings is 1. The molecule has 0 saturated carbocycles. The van der Waals surface area contributed by atoms with Gasteiger partial charge in [-0.05, 0) is 19.9 Å². The predicted octanol–water partition coefficient (Wildman–Crippen LogP) is 1.88. The second-order valence-electron chi connectivity index (χ2n) is 4.92. The van der Waals surface area contributed by atoms with E-state index in [2.05, 4.69) is 24.1 Å². The van der Waals surface area contributed by atoms with E-state index in [9.17, 15) is 4.39 Å². The summed E-state index contributed by atoms with van der Waals surface area (Å²) in [5.41, 5.74) is 0.734. The molecule has 1 aromatic carbocycles. The third-order valence-electron chi connectivity index (χ3n) is 3.56. The molecule has 0 aliphatic carbocycles. The van der Waals surface area contributed by atoms with Gasteiger partial charge in [-0.15, -0.1) is 0 Å². The van der Waals surface area contributed by atoms with Crippen LogP contribution in [0.3, 0.4) is 0 Å². The van der Waals surface area contributed by atoms with Crippen molar-refractivity contribution in [2.45, 2.75) is 32.5 Å². The zero-order valence-electron chi connectivity index (χ0n) is 10.8. The molecule has 18 heavy (non-hydrogen) atoms. The predicted molar refractivity (Wildman–Crippen MR) is 68.5 cm³/mol. The molecule has 4 heteroatoms. The molecule has 1 fully saturated rings. The van der Waals surface area contributed by atoms with Crippen molar-refractivity contribution in [1.29, 1.82) is 5.26 Å². The van der Waals surface area contributed by atoms with Crippen molar-refractivity contribution in [3.05, 3.63) is 35.1 Å². The van der Waals surface area contributed by atoms with E-state index in [1.165, 1.54) is 6.07 Å². The molecule has 0 aromatic heterocycles. The summed E-state index contributed by atoms with van der Waals surface area (Å²) >= 11 is 0. The number of halogens is 1. The molecule has 0 bridgehead atoms. The lowest BCUT2D eigenvalue weighted by atomic mass is 10.1. The van der Waals surface area contributed by atoms with Gasteiger partial charge in [0.05, 0.1) is 5.56 Å². The number of hydrogen-bond acceptors (Lipinski definition) is 3. The fourth-order valence-corrected chi connectivity index (χ4v) is 2.47. The van der Waals surface area contributed by atoms with Gasteiger partial charge in [0.2, 0.25) is 0 Å². The van der Waals surface area contributed by atoms with Crippen LogP contribution in [0.4, 0.5) is 4.39 Å². The number of nitrogens with one attached hydrogen (secondary N) is 1. The van der Waals surface area contributed by atoms with Crippen LogP contribution in [0.25, 0.3) is 0 Å². The van der Waals surface area contributed by atoms with Crippen LogP contribution in [0.15, 0.2) is 18.2 Å². The van der Waals surface area contributed by atoms with Crippen LogP contribution in [-0.4, -0.2) is 30.1 Å². The van der Waals surface area contributed by atoms with Crippen molar-refractivity contribution >= 4 is 0 Å². The van der Waals surface area contributed by atoms with E-state index in [1.807, 2.05) is 6.07 Å². The Hall–Kier alpha value is -1.44. The van der Waals surface area contributed by atoms with Gasteiger partial charge in [0.25, 0.3) is 0 Å². The van der Waals surface area contributed by atoms with Gasteiger partial charge in [-0.1, -0.05) is 12.1 Å². The second kappa shape index (κ2) is 5.47. The summed E-state index contributed by atoms with van der Waals surface area (Å²) in [6.45, 7) is 6.67. The van der Waals surface area contributed by atoms with Crippen LogP contribution in [-0.2, 0) is 6.54 Å². The van der Waals surface area contributed by atoms with Gasteiger partial charge >= 0.3 is 0 Å². The van der Waals surface area contributed by atoms with Gasteiger partial charge in [-0.2, -0.15) is 5.26 Å². The van der Waals surface area contributed by atoms with Crippen molar-refractivity contribution < 1.29 is 4.39 Å². The fraction of sp³-hybridized carbons (Fsp3) is 0.500. The Morgan fingerprint density at radius 3 is 2.67 bits per heavy atom. The van der Waals surface area contributed by atoms with Crippen molar-refractivity contribution in [2.75, 3.05) is 13.1 Å². The Morgan fingerprint density at radius 1 is 1.39 bits per heavy atom. The lowest BCUT2D eigenvalue weighted by molar-refractivity contribution is 0.107. The molecule has 2 rings (SSSR count). The van der Waals surface area contributed by atoms with Crippen molar-refractivity contribution in [1.82, 2.24) is 10.2 Å². The van der Waals surface area contributed by atoms with E-state index in [-0.39, 0.29) is 11.4 Å². The molecule has 1 aliphatic heterocycles. The average Bonchev–Trinajstić information content (AvgIpc) is 2.36. The quantitative estimate of drug-likeness (QED) is 0.867. The highest BCUT2D eigenvalue weighted by Gasteiger charge is 2.25. The van der Waals surface area contributed by atoms with E-state index in [0.29, 0.717) is 24.2 Å². The molecule has 1 heterocycles. The maximum atomic E-state index is 14.0. The van der Waals surface area contributed by atoms with Crippen LogP contribution in [0.1, 0.15) is 25.0 Å². The summed E-state index contributed by atoms with van der Waals surface area (Å²) in [6, 6.07) is 7.66. The lowest BCUT2D eigenvalue weighted by Crippen LogP contribution is -2.54. The molecule has 0 amide bonds. The fourth-order valence-electron chi connectivity index (χ4n) is 2.47. The standard InChI is InChI=1S/C14H18FN3/c1-10-7-17-8-11(2)18(10)9-13-5-3-4-12(6-16)14(13)15/h3-5,10-11,17H,7-9H2,1-2H3. The number of hydrogen-bond donors (Lipinski definition) is 1. The normalized spacial score (nSPS) is 24.8. The maximum Gasteiger partial charge on any atom is 0.145 e. The molecule has 3 nitrogen and oxygen atoms in total. The third kappa shape index (κ3) is 2.53. The van der Waals surface area contributed by atoms with E-state index < -0.39 is 0 Å². The first kappa shape index (κ1) is 13.0. The van der Waals surface area contributed by atoms with Gasteiger partial charge in [0.15, 0.2) is 0 Å². The van der Waals surface area contributed by atoms with Crippen molar-refractivity contribution in [3.63, 3.8) is 0 Å². The Bertz CT molecular complexity index is 457. The number of rotatable bonds is 2. The Kier molecular flexibility index (Phi) is 3.95. The first-order valence-electron chi connectivity index (χ1n) is 6.27. The highest BCUT2D eigenvalue weighted by Crippen LogP contribution is 2.18. The first-order chi connectivity index (χ1) is 8.63. The van der Waals surface area contributed by atoms with Crippen molar-refractivity contribution in [3.8, 4) is 6.07 Å². The van der Waals surface area contributed by atoms with Crippen LogP contribution < -0.4 is 5.32 Å². The van der Waals surface area contributed by atoms with Crippen molar-refractivity contribution in [2.24, 2.45) is 0 Å². The van der Waals surface area contributed by atoms with Crippen LogP contribution >= 0.6 is 0 Å². The molecule has 1 aromatic rings. The van der Waals surface area contributed by atoms with Crippen LogP contribution in [0, 0.1) is 17.1 Å². The lowest BCUT2D eigenvalue weighted by Gasteiger charge is -2.39. The van der Waals surface area contributed by atoms with E-state index >= 15 is 0 Å². The smallest absolute Gasteiger partial charge is 0.145 e. The summed E-state index contributed by atoms with van der Waals surface area (Å²) in [4.78, 5) is 2.27. The van der Waals surface area contributed by atoms with E-state index in [1.54, 1.807) is 12.1 Å². The highest BCUT2D eigenvalue weighted by atomic mass is 19.1. The van der Waals surface area contributed by atoms with Gasteiger partial charge in [-0.25, -0.2) is 4.39 Å². The summed E-state index contributed by atoms with van der Waals surface area (Å²) in [5, 5.41) is 12.2. The second-order valence-corrected chi connectivity index (χ2v) is 4.92. The van der Waals surface area contributed by atoms with Crippen LogP contribution in [0.5, 0.6) is 0 Å². The minimum Gasteiger partial charge on any atom is -0.314 e. The zero-order valence-corrected chi connectivity index (χ0v) is 10.8. The Balaban J connectivity index is 2.21. The average molecular weight is 247 g/mol. The summed E-state index contributed by atoms with van der Waals surface area (Å²) < 4.78 is 14.0. The molecular formula is C14H18FN3. The monoisotopic (exact) mass is 247 g/mol. The molecule has 2 unspecified atom stereocenters. The largest absolute Gasteiger partial charge is 0.314 e. The Labute approximate surface area is 107 Å². The van der Waals surface area contributed by atoms with Gasteiger partial charge in [0.1, 0.15) is 11.9 Å². The van der Waals surface area contributed by atoms with Crippen LogP contribution in [0.2, 0.25) is 0 Å².